The molecule has 0 saturated carbocycles. The first-order chi connectivity index (χ1) is 26.7. The lowest BCUT2D eigenvalue weighted by Crippen LogP contribution is -2.69. The Bertz CT molecular complexity index is 1350. The molecule has 330 valence electrons. The number of ether oxygens (including phenoxy) is 7. The summed E-state index contributed by atoms with van der Waals surface area (Å²) >= 11 is 0. The Labute approximate surface area is 322 Å². The first-order valence-electron chi connectivity index (χ1n) is 17.7. The summed E-state index contributed by atoms with van der Waals surface area (Å²) in [4.78, 5) is 36.7. The van der Waals surface area contributed by atoms with E-state index < -0.39 is 179 Å². The van der Waals surface area contributed by atoms with Crippen LogP contribution in [-0.4, -0.2) is 244 Å². The predicted molar refractivity (Wildman–Crippen MR) is 174 cm³/mol. The normalized spacial score (nSPS) is 45.1. The number of aliphatic hydroxyl groups is 13. The summed E-state index contributed by atoms with van der Waals surface area (Å²) in [7, 11) is 0. The third kappa shape index (κ3) is 10.3. The fourth-order valence-corrected chi connectivity index (χ4v) is 6.94. The maximum absolute atomic E-state index is 12.6. The van der Waals surface area contributed by atoms with Gasteiger partial charge >= 0.3 is 5.97 Å². The maximum Gasteiger partial charge on any atom is 0.364 e. The minimum absolute atomic E-state index is 0.758. The van der Waals surface area contributed by atoms with E-state index in [-0.39, 0.29) is 0 Å². The lowest BCUT2D eigenvalue weighted by molar-refractivity contribution is -0.375. The Balaban J connectivity index is 1.60. The van der Waals surface area contributed by atoms with Gasteiger partial charge in [0, 0.05) is 20.3 Å². The second kappa shape index (κ2) is 19.8. The van der Waals surface area contributed by atoms with Crippen molar-refractivity contribution in [2.45, 2.75) is 149 Å². The second-order valence-electron chi connectivity index (χ2n) is 14.1. The third-order valence-corrected chi connectivity index (χ3v) is 9.98. The quantitative estimate of drug-likeness (QED) is 0.0728. The van der Waals surface area contributed by atoms with E-state index in [9.17, 15) is 85.9 Å². The van der Waals surface area contributed by atoms with E-state index in [1.807, 2.05) is 0 Å². The monoisotopic (exact) mass is 836 g/mol. The van der Waals surface area contributed by atoms with Gasteiger partial charge in [-0.25, -0.2) is 4.79 Å². The first kappa shape index (κ1) is 47.3. The minimum atomic E-state index is -2.93. The van der Waals surface area contributed by atoms with Crippen LogP contribution in [0.1, 0.15) is 20.3 Å². The van der Waals surface area contributed by atoms with Crippen LogP contribution in [0.4, 0.5) is 0 Å². The highest BCUT2D eigenvalue weighted by molar-refractivity contribution is 5.76. The highest BCUT2D eigenvalue weighted by Crippen LogP contribution is 2.36. The molecule has 4 heterocycles. The molecule has 2 amide bonds. The van der Waals surface area contributed by atoms with Crippen molar-refractivity contribution in [2.75, 3.05) is 26.4 Å². The van der Waals surface area contributed by atoms with Crippen LogP contribution in [0.2, 0.25) is 0 Å². The lowest BCUT2D eigenvalue weighted by atomic mass is 9.88. The van der Waals surface area contributed by atoms with Crippen molar-refractivity contribution >= 4 is 17.8 Å². The SMILES string of the molecule is CC(=O)N[C@H]1[C@H](O[C@H]2[C@@H](O)[C@@H](CO)O[C@@H](O[C@H]3[C@H](O)[C@@H](O)[C@H](O)O[C@@H]3CO)[C@@H]2O)O[C@H](CO[C@]2(C(=O)O)C[C@H](O)[C@@H](NC(C)=O)[C@H]([C@H](O)[C@H](O)CO)O2)[C@@H](O)[C@@H]1O. The van der Waals surface area contributed by atoms with Gasteiger partial charge in [0.05, 0.1) is 38.6 Å². The van der Waals surface area contributed by atoms with Gasteiger partial charge in [-0.2, -0.15) is 0 Å². The zero-order chi connectivity index (χ0) is 42.7. The molecular weight excluding hydrogens is 784 g/mol. The molecule has 0 radical (unpaired) electrons. The van der Waals surface area contributed by atoms with Gasteiger partial charge in [-0.15, -0.1) is 0 Å². The van der Waals surface area contributed by atoms with Crippen molar-refractivity contribution in [2.24, 2.45) is 0 Å². The summed E-state index contributed by atoms with van der Waals surface area (Å²) in [6.45, 7) is -1.92. The molecule has 0 bridgehead atoms. The van der Waals surface area contributed by atoms with Crippen LogP contribution in [0.3, 0.4) is 0 Å². The Morgan fingerprint density at radius 1 is 0.702 bits per heavy atom. The van der Waals surface area contributed by atoms with E-state index in [1.165, 1.54) is 0 Å². The van der Waals surface area contributed by atoms with E-state index in [1.54, 1.807) is 0 Å². The Morgan fingerprint density at radius 2 is 1.28 bits per heavy atom. The maximum atomic E-state index is 12.6. The van der Waals surface area contributed by atoms with Crippen molar-refractivity contribution in [3.05, 3.63) is 0 Å². The molecule has 26 heteroatoms. The van der Waals surface area contributed by atoms with Gasteiger partial charge in [0.25, 0.3) is 5.79 Å². The molecule has 4 aliphatic rings. The van der Waals surface area contributed by atoms with Gasteiger partial charge in [0.2, 0.25) is 11.8 Å². The van der Waals surface area contributed by atoms with E-state index in [2.05, 4.69) is 10.6 Å². The number of carboxylic acid groups (broad SMARTS) is 1. The van der Waals surface area contributed by atoms with Gasteiger partial charge < -0.3 is 115 Å². The van der Waals surface area contributed by atoms with E-state index in [4.69, 9.17) is 33.2 Å². The van der Waals surface area contributed by atoms with Crippen molar-refractivity contribution < 1.29 is 119 Å². The number of carbonyl (C=O) groups is 3. The van der Waals surface area contributed by atoms with Gasteiger partial charge in [0.15, 0.2) is 18.9 Å². The number of hydrogen-bond donors (Lipinski definition) is 16. The molecular formula is C31H52N2O24. The molecule has 0 aliphatic carbocycles. The molecule has 4 saturated heterocycles. The Hall–Kier alpha value is -2.39. The minimum Gasteiger partial charge on any atom is -0.477 e. The number of rotatable bonds is 15. The predicted octanol–water partition coefficient (Wildman–Crippen LogP) is -10.3. The third-order valence-electron chi connectivity index (χ3n) is 9.98. The largest absolute Gasteiger partial charge is 0.477 e. The number of hydrogen-bond acceptors (Lipinski definition) is 23. The number of carbonyl (C=O) groups excluding carboxylic acids is 2. The first-order valence-corrected chi connectivity index (χ1v) is 17.7. The molecule has 26 nitrogen and oxygen atoms in total. The number of nitrogens with one attached hydrogen (secondary N) is 2. The van der Waals surface area contributed by atoms with E-state index >= 15 is 0 Å². The molecule has 4 aliphatic heterocycles. The molecule has 0 spiro atoms. The summed E-state index contributed by atoms with van der Waals surface area (Å²) in [5, 5.41) is 151. The van der Waals surface area contributed by atoms with Crippen LogP contribution < -0.4 is 10.6 Å². The number of carboxylic acids is 1. The van der Waals surface area contributed by atoms with E-state index in [0.29, 0.717) is 0 Å². The Morgan fingerprint density at radius 3 is 1.84 bits per heavy atom. The zero-order valence-corrected chi connectivity index (χ0v) is 30.4. The fraction of sp³-hybridized carbons (Fsp3) is 0.903. The Kier molecular flexibility index (Phi) is 16.4. The number of aliphatic carboxylic acids is 1. The van der Waals surface area contributed by atoms with Crippen LogP contribution >= 0.6 is 0 Å². The number of aliphatic hydroxyl groups excluding tert-OH is 13. The van der Waals surface area contributed by atoms with Crippen LogP contribution in [-0.2, 0) is 47.5 Å². The van der Waals surface area contributed by atoms with Crippen molar-refractivity contribution in [1.82, 2.24) is 10.6 Å². The van der Waals surface area contributed by atoms with Crippen LogP contribution in [0.5, 0.6) is 0 Å². The van der Waals surface area contributed by atoms with Crippen molar-refractivity contribution in [3.8, 4) is 0 Å². The summed E-state index contributed by atoms with van der Waals surface area (Å²) < 4.78 is 38.7. The van der Waals surface area contributed by atoms with Crippen molar-refractivity contribution in [1.29, 1.82) is 0 Å². The standard InChI is InChI=1S/C31H52N2O24/c1-8(37)32-15-10(39)3-31(30(49)50,57-25(15)17(41)11(40)4-34)51-7-14-18(42)20(44)16(33-9(2)38)28(54-14)56-26-19(43)12(5-35)53-29(23(26)47)55-24-13(6-36)52-27(48)22(46)21(24)45/h10-29,34-36,39-48H,3-7H2,1-2H3,(H,32,37)(H,33,38)(H,49,50)/t10-,11+,12+,13+,14+,15+,16+,17+,18+,19-,20+,21+,22+,23+,24+,25+,26-,27+,28-,29-,31+/m0/s1. The summed E-state index contributed by atoms with van der Waals surface area (Å²) in [5.74, 6) is -6.43. The lowest BCUT2D eigenvalue weighted by Gasteiger charge is -2.49. The molecule has 57 heavy (non-hydrogen) atoms. The van der Waals surface area contributed by atoms with Gasteiger partial charge in [0.1, 0.15) is 91.5 Å². The smallest absolute Gasteiger partial charge is 0.364 e. The second-order valence-corrected chi connectivity index (χ2v) is 14.1. The van der Waals surface area contributed by atoms with Crippen molar-refractivity contribution in [3.63, 3.8) is 0 Å². The number of amides is 2. The highest BCUT2D eigenvalue weighted by atomic mass is 16.8. The van der Waals surface area contributed by atoms with Crippen LogP contribution in [0.25, 0.3) is 0 Å². The average molecular weight is 837 g/mol. The summed E-state index contributed by atoms with van der Waals surface area (Å²) in [6.07, 6.45) is -35.4. The van der Waals surface area contributed by atoms with Gasteiger partial charge in [-0.3, -0.25) is 9.59 Å². The average Bonchev–Trinajstić information content (AvgIpc) is 3.16. The zero-order valence-electron chi connectivity index (χ0n) is 30.4. The molecule has 4 fully saturated rings. The fourth-order valence-electron chi connectivity index (χ4n) is 6.94. The molecule has 16 N–H and O–H groups in total. The van der Waals surface area contributed by atoms with Crippen LogP contribution in [0.15, 0.2) is 0 Å². The highest BCUT2D eigenvalue weighted by Gasteiger charge is 2.58. The molecule has 0 aromatic heterocycles. The van der Waals surface area contributed by atoms with Crippen LogP contribution in [0, 0.1) is 0 Å². The van der Waals surface area contributed by atoms with E-state index in [0.717, 1.165) is 13.8 Å². The van der Waals surface area contributed by atoms with Gasteiger partial charge in [-0.1, -0.05) is 0 Å². The topological polar surface area (TPSA) is 423 Å². The summed E-state index contributed by atoms with van der Waals surface area (Å²) in [5.41, 5.74) is 0. The summed E-state index contributed by atoms with van der Waals surface area (Å²) in [6, 6.07) is -3.26. The molecule has 4 rings (SSSR count). The molecule has 0 unspecified atom stereocenters. The molecule has 0 aromatic carbocycles. The molecule has 0 aromatic rings. The molecule has 21 atom stereocenters. The van der Waals surface area contributed by atoms with Gasteiger partial charge in [-0.05, 0) is 0 Å².